The lowest BCUT2D eigenvalue weighted by molar-refractivity contribution is -0.345. The summed E-state index contributed by atoms with van der Waals surface area (Å²) in [5.74, 6) is -0.564. The third-order valence-corrected chi connectivity index (χ3v) is 4.38. The number of carbonyl (C=O) groups excluding carboxylic acids is 1. The normalized spacial score (nSPS) is 45.0. The first-order chi connectivity index (χ1) is 12.2. The van der Waals surface area contributed by atoms with Crippen molar-refractivity contribution >= 4 is 5.91 Å². The molecule has 0 aliphatic carbocycles. The number of aliphatic hydroxyl groups excluding tert-OH is 7. The van der Waals surface area contributed by atoms with Crippen molar-refractivity contribution in [3.8, 4) is 0 Å². The maximum Gasteiger partial charge on any atom is 0.217 e. The van der Waals surface area contributed by atoms with Gasteiger partial charge in [-0.05, 0) is 0 Å². The van der Waals surface area contributed by atoms with Crippen LogP contribution < -0.4 is 5.32 Å². The first-order valence-electron chi connectivity index (χ1n) is 8.06. The maximum atomic E-state index is 11.2. The van der Waals surface area contributed by atoms with E-state index in [-0.39, 0.29) is 5.48 Å². The van der Waals surface area contributed by atoms with Crippen LogP contribution in [-0.4, -0.2) is 122 Å². The highest BCUT2D eigenvalue weighted by molar-refractivity contribution is 5.73. The lowest BCUT2D eigenvalue weighted by atomic mass is 9.95. The Balaban J connectivity index is 0.00000364. The van der Waals surface area contributed by atoms with Gasteiger partial charge < -0.3 is 60.7 Å². The average Bonchev–Trinajstić information content (AvgIpc) is 2.60. The fourth-order valence-electron chi connectivity index (χ4n) is 2.98. The molecule has 1 amide bonds. The van der Waals surface area contributed by atoms with Gasteiger partial charge in [-0.15, -0.1) is 0 Å². The van der Waals surface area contributed by atoms with Crippen molar-refractivity contribution in [2.24, 2.45) is 0 Å². The highest BCUT2D eigenvalue weighted by Crippen LogP contribution is 2.28. The Morgan fingerprint density at radius 3 is 2.04 bits per heavy atom. The molecule has 2 saturated heterocycles. The lowest BCUT2D eigenvalue weighted by Crippen LogP contribution is -2.67. The van der Waals surface area contributed by atoms with Crippen LogP contribution in [0.2, 0.25) is 0 Å². The van der Waals surface area contributed by atoms with Crippen molar-refractivity contribution in [2.45, 2.75) is 68.3 Å². The van der Waals surface area contributed by atoms with Crippen LogP contribution in [0.5, 0.6) is 0 Å². The number of ether oxygens (including phenoxy) is 3. The van der Waals surface area contributed by atoms with Gasteiger partial charge in [0.05, 0.1) is 13.2 Å². The molecule has 10 N–H and O–H groups in total. The number of hydrogen-bond acceptors (Lipinski definition) is 11. The molecule has 0 aromatic heterocycles. The van der Waals surface area contributed by atoms with Gasteiger partial charge in [0.25, 0.3) is 0 Å². The van der Waals surface area contributed by atoms with Crippen molar-refractivity contribution in [3.05, 3.63) is 0 Å². The van der Waals surface area contributed by atoms with Gasteiger partial charge in [-0.2, -0.15) is 0 Å². The zero-order valence-corrected chi connectivity index (χ0v) is 14.5. The summed E-state index contributed by atoms with van der Waals surface area (Å²) >= 11 is 0. The van der Waals surface area contributed by atoms with Crippen molar-refractivity contribution < 1.29 is 60.2 Å². The van der Waals surface area contributed by atoms with Gasteiger partial charge in [-0.1, -0.05) is 0 Å². The summed E-state index contributed by atoms with van der Waals surface area (Å²) in [5, 5.41) is 70.7. The summed E-state index contributed by atoms with van der Waals surface area (Å²) in [6, 6.07) is -1.29. The molecule has 2 heterocycles. The topological polar surface area (TPSA) is 230 Å². The summed E-state index contributed by atoms with van der Waals surface area (Å²) in [6.07, 6.45) is -13.6. The van der Waals surface area contributed by atoms with E-state index in [1.54, 1.807) is 0 Å². The SMILES string of the molecule is CC(=O)N[C@H]1C(O)O[C@H](CO)[C@@H](O[C@@H]2O[C@H](CO)[C@H](O)[C@H](O)[C@H]2O)[C@@H]1O.O. The molecule has 2 aliphatic heterocycles. The molecule has 0 saturated carbocycles. The summed E-state index contributed by atoms with van der Waals surface area (Å²) in [4.78, 5) is 11.2. The van der Waals surface area contributed by atoms with E-state index >= 15 is 0 Å². The van der Waals surface area contributed by atoms with Crippen LogP contribution in [0.4, 0.5) is 0 Å². The van der Waals surface area contributed by atoms with Gasteiger partial charge in [-0.25, -0.2) is 0 Å². The maximum absolute atomic E-state index is 11.2. The molecular weight excluding hydrogens is 374 g/mol. The second-order valence-corrected chi connectivity index (χ2v) is 6.26. The van der Waals surface area contributed by atoms with E-state index in [0.29, 0.717) is 0 Å². The van der Waals surface area contributed by atoms with Crippen LogP contribution >= 0.6 is 0 Å². The summed E-state index contributed by atoms with van der Waals surface area (Å²) in [6.45, 7) is -0.195. The van der Waals surface area contributed by atoms with Crippen molar-refractivity contribution in [1.82, 2.24) is 5.32 Å². The zero-order chi connectivity index (χ0) is 19.6. The third kappa shape index (κ3) is 5.10. The molecular formula is C14H27NO12. The smallest absolute Gasteiger partial charge is 0.217 e. The predicted octanol–water partition coefficient (Wildman–Crippen LogP) is -6.08. The van der Waals surface area contributed by atoms with E-state index in [0.717, 1.165) is 6.92 Å². The van der Waals surface area contributed by atoms with Gasteiger partial charge in [0.15, 0.2) is 12.6 Å². The lowest BCUT2D eigenvalue weighted by Gasteiger charge is -2.46. The molecule has 2 aliphatic rings. The van der Waals surface area contributed by atoms with Gasteiger partial charge in [0.2, 0.25) is 5.91 Å². The molecule has 160 valence electrons. The number of nitrogens with one attached hydrogen (secondary N) is 1. The quantitative estimate of drug-likeness (QED) is 0.216. The van der Waals surface area contributed by atoms with Crippen LogP contribution in [0, 0.1) is 0 Å². The molecule has 13 nitrogen and oxygen atoms in total. The Kier molecular flexibility index (Phi) is 8.91. The van der Waals surface area contributed by atoms with E-state index in [2.05, 4.69) is 5.32 Å². The Morgan fingerprint density at radius 1 is 0.926 bits per heavy atom. The molecule has 0 aromatic rings. The molecule has 0 spiro atoms. The third-order valence-electron chi connectivity index (χ3n) is 4.38. The molecule has 27 heavy (non-hydrogen) atoms. The standard InChI is InChI=1S/C14H25NO11.H2O/c1-4(18)15-7-9(20)12(6(3-17)24-13(7)23)26-14-11(22)10(21)8(19)5(2-16)25-14;/h5-14,16-17,19-23H,2-3H2,1H3,(H,15,18);1H2/t5-,6-,7-,8+,9-,10+,11-,12-,13?,14+;/m1./s1. The van der Waals surface area contributed by atoms with Crippen LogP contribution in [0.25, 0.3) is 0 Å². The molecule has 13 heteroatoms. The van der Waals surface area contributed by atoms with E-state index in [1.165, 1.54) is 0 Å². The van der Waals surface area contributed by atoms with Gasteiger partial charge >= 0.3 is 0 Å². The molecule has 0 bridgehead atoms. The predicted molar refractivity (Wildman–Crippen MR) is 83.8 cm³/mol. The molecule has 2 rings (SSSR count). The summed E-state index contributed by atoms with van der Waals surface area (Å²) < 4.78 is 15.7. The summed E-state index contributed by atoms with van der Waals surface area (Å²) in [7, 11) is 0. The van der Waals surface area contributed by atoms with Crippen molar-refractivity contribution in [1.29, 1.82) is 0 Å². The Morgan fingerprint density at radius 2 is 1.52 bits per heavy atom. The number of aliphatic hydroxyl groups is 7. The fourth-order valence-corrected chi connectivity index (χ4v) is 2.98. The largest absolute Gasteiger partial charge is 0.412 e. The van der Waals surface area contributed by atoms with E-state index in [9.17, 15) is 40.5 Å². The monoisotopic (exact) mass is 401 g/mol. The minimum atomic E-state index is -1.73. The van der Waals surface area contributed by atoms with Gasteiger partial charge in [0, 0.05) is 6.92 Å². The van der Waals surface area contributed by atoms with E-state index in [1.807, 2.05) is 0 Å². The van der Waals surface area contributed by atoms with Crippen molar-refractivity contribution in [2.75, 3.05) is 13.2 Å². The highest BCUT2D eigenvalue weighted by atomic mass is 16.7. The van der Waals surface area contributed by atoms with Crippen molar-refractivity contribution in [3.63, 3.8) is 0 Å². The van der Waals surface area contributed by atoms with Gasteiger partial charge in [0.1, 0.15) is 48.8 Å². The number of carbonyl (C=O) groups is 1. The molecule has 0 radical (unpaired) electrons. The first-order valence-corrected chi connectivity index (χ1v) is 8.06. The second kappa shape index (κ2) is 9.99. The van der Waals surface area contributed by atoms with Crippen LogP contribution in [0.1, 0.15) is 6.92 Å². The van der Waals surface area contributed by atoms with Crippen LogP contribution in [0.15, 0.2) is 0 Å². The fraction of sp³-hybridized carbons (Fsp3) is 0.929. The highest BCUT2D eigenvalue weighted by Gasteiger charge is 2.50. The molecule has 2 fully saturated rings. The minimum Gasteiger partial charge on any atom is -0.412 e. The van der Waals surface area contributed by atoms with E-state index < -0.39 is 80.5 Å². The zero-order valence-electron chi connectivity index (χ0n) is 14.5. The van der Waals surface area contributed by atoms with Gasteiger partial charge in [-0.3, -0.25) is 4.79 Å². The Labute approximate surface area is 154 Å². The van der Waals surface area contributed by atoms with E-state index in [4.69, 9.17) is 14.2 Å². The minimum absolute atomic E-state index is 0. The van der Waals surface area contributed by atoms with Crippen LogP contribution in [0.3, 0.4) is 0 Å². The molecule has 10 atom stereocenters. The number of hydrogen-bond donors (Lipinski definition) is 8. The first kappa shape index (κ1) is 24.1. The molecule has 1 unspecified atom stereocenters. The Bertz CT molecular complexity index is 479. The second-order valence-electron chi connectivity index (χ2n) is 6.26. The molecule has 0 aromatic carbocycles. The Hall–Kier alpha value is -0.970. The summed E-state index contributed by atoms with van der Waals surface area (Å²) in [5.41, 5.74) is 0. The number of amides is 1. The van der Waals surface area contributed by atoms with Crippen LogP contribution in [-0.2, 0) is 19.0 Å². The average molecular weight is 401 g/mol. The number of rotatable bonds is 5.